The lowest BCUT2D eigenvalue weighted by atomic mass is 10.1. The molecule has 0 saturated heterocycles. The molecule has 2 atom stereocenters. The number of hydrogen-bond acceptors (Lipinski definition) is 9. The number of aliphatic hydroxyl groups excluding tert-OH is 1. The van der Waals surface area contributed by atoms with Crippen molar-refractivity contribution in [3.63, 3.8) is 0 Å². The highest BCUT2D eigenvalue weighted by Gasteiger charge is 2.26. The van der Waals surface area contributed by atoms with Crippen molar-refractivity contribution in [2.24, 2.45) is 7.05 Å². The average molecular weight is 532 g/mol. The van der Waals surface area contributed by atoms with Crippen LogP contribution in [0.2, 0.25) is 0 Å². The number of aliphatic hydroxyl groups is 1. The highest BCUT2D eigenvalue weighted by Crippen LogP contribution is 2.35. The van der Waals surface area contributed by atoms with Gasteiger partial charge in [0.25, 0.3) is 0 Å². The van der Waals surface area contributed by atoms with Gasteiger partial charge in [0, 0.05) is 25.5 Å². The van der Waals surface area contributed by atoms with Gasteiger partial charge in [-0.25, -0.2) is 4.68 Å². The Balaban J connectivity index is 1.73. The minimum atomic E-state index is -0.291. The first-order valence-corrected chi connectivity index (χ1v) is 13.0. The van der Waals surface area contributed by atoms with Crippen LogP contribution in [-0.4, -0.2) is 77.2 Å². The van der Waals surface area contributed by atoms with Crippen LogP contribution in [0, 0.1) is 18.3 Å². The fourth-order valence-electron chi connectivity index (χ4n) is 4.97. The van der Waals surface area contributed by atoms with Gasteiger partial charge in [-0.05, 0) is 45.5 Å². The fraction of sp³-hybridized carbons (Fsp3) is 0.444. The number of aromatic amines is 1. The van der Waals surface area contributed by atoms with E-state index in [2.05, 4.69) is 32.2 Å². The topological polar surface area (TPSA) is 143 Å². The molecule has 5 heterocycles. The monoisotopic (exact) mass is 531 g/mol. The predicted molar refractivity (Wildman–Crippen MR) is 146 cm³/mol. The first-order valence-electron chi connectivity index (χ1n) is 13.0. The molecule has 1 aliphatic rings. The van der Waals surface area contributed by atoms with Crippen LogP contribution in [0.15, 0.2) is 12.3 Å². The van der Waals surface area contributed by atoms with Gasteiger partial charge in [0.15, 0.2) is 6.61 Å². The molecular formula is C27H33N9O3. The Kier molecular flexibility index (Phi) is 7.36. The number of aromatic nitrogens is 7. The maximum Gasteiger partial charge on any atom is 0.241 e. The summed E-state index contributed by atoms with van der Waals surface area (Å²) in [6.45, 7) is 9.65. The number of ether oxygens (including phenoxy) is 2. The van der Waals surface area contributed by atoms with Gasteiger partial charge in [-0.3, -0.25) is 19.7 Å². The summed E-state index contributed by atoms with van der Waals surface area (Å²) in [5, 5.41) is 36.9. The molecule has 39 heavy (non-hydrogen) atoms. The molecule has 4 aromatic rings. The Morgan fingerprint density at radius 2 is 2.15 bits per heavy atom. The molecule has 204 valence electrons. The summed E-state index contributed by atoms with van der Waals surface area (Å²) < 4.78 is 15.8. The normalized spacial score (nSPS) is 17.5. The van der Waals surface area contributed by atoms with Gasteiger partial charge < -0.3 is 14.6 Å². The molecule has 2 N–H and O–H groups in total. The molecule has 4 aromatic heterocycles. The Bertz CT molecular complexity index is 1560. The third-order valence-corrected chi connectivity index (χ3v) is 6.93. The highest BCUT2D eigenvalue weighted by molar-refractivity contribution is 5.92. The predicted octanol–water partition coefficient (Wildman–Crippen LogP) is 3.09. The van der Waals surface area contributed by atoms with E-state index in [-0.39, 0.29) is 25.4 Å². The van der Waals surface area contributed by atoms with Crippen LogP contribution in [0.3, 0.4) is 0 Å². The van der Waals surface area contributed by atoms with Crippen LogP contribution in [0.4, 0.5) is 0 Å². The minimum Gasteiger partial charge on any atom is -0.473 e. The molecule has 0 spiro atoms. The molecule has 0 unspecified atom stereocenters. The van der Waals surface area contributed by atoms with E-state index in [1.807, 2.05) is 52.1 Å². The molecule has 0 saturated carbocycles. The largest absolute Gasteiger partial charge is 0.473 e. The van der Waals surface area contributed by atoms with Crippen molar-refractivity contribution in [2.45, 2.75) is 46.4 Å². The van der Waals surface area contributed by atoms with E-state index < -0.39 is 0 Å². The maximum atomic E-state index is 9.99. The molecule has 2 bridgehead atoms. The van der Waals surface area contributed by atoms with Crippen LogP contribution in [0.25, 0.3) is 34.3 Å². The highest BCUT2D eigenvalue weighted by atomic mass is 16.5. The standard InChI is InChI=1S/C27H33N9O3/c1-6-35-13-17(3)39-27-25(18(4)32-34(27)5)22-11-20-21(30-31-23(20)12-29-22)8-7-19-24(14-35)36(16(2)15-37)33-26(19)38-10-9-28/h7-8,11-12,16-17,37H,6,10,13-15H2,1-5H3,(H,30,31)/b8-7+/t16-,17-/m0/s1. The Morgan fingerprint density at radius 3 is 2.90 bits per heavy atom. The third-order valence-electron chi connectivity index (χ3n) is 6.93. The van der Waals surface area contributed by atoms with E-state index >= 15 is 0 Å². The molecule has 12 heteroatoms. The van der Waals surface area contributed by atoms with Gasteiger partial charge in [-0.2, -0.15) is 15.5 Å². The number of nitrogens with one attached hydrogen (secondary N) is 1. The van der Waals surface area contributed by atoms with Crippen molar-refractivity contribution in [2.75, 3.05) is 26.3 Å². The molecule has 0 amide bonds. The summed E-state index contributed by atoms with van der Waals surface area (Å²) in [5.41, 5.74) is 5.54. The van der Waals surface area contributed by atoms with E-state index in [1.165, 1.54) is 0 Å². The summed E-state index contributed by atoms with van der Waals surface area (Å²) in [6, 6.07) is 3.72. The van der Waals surface area contributed by atoms with Gasteiger partial charge in [0.05, 0.1) is 58.3 Å². The molecule has 0 radical (unpaired) electrons. The summed E-state index contributed by atoms with van der Waals surface area (Å²) in [6.07, 6.45) is 5.41. The fourth-order valence-corrected chi connectivity index (χ4v) is 4.97. The number of nitrogens with zero attached hydrogens (tertiary/aromatic N) is 8. The molecule has 0 aliphatic carbocycles. The Morgan fingerprint density at radius 1 is 1.33 bits per heavy atom. The summed E-state index contributed by atoms with van der Waals surface area (Å²) >= 11 is 0. The average Bonchev–Trinajstić information content (AvgIpc) is 3.57. The number of pyridine rings is 1. The number of fused-ring (bicyclic) bond motifs is 4. The number of rotatable bonds is 5. The van der Waals surface area contributed by atoms with Crippen molar-refractivity contribution >= 4 is 23.1 Å². The van der Waals surface area contributed by atoms with Gasteiger partial charge >= 0.3 is 0 Å². The quantitative estimate of drug-likeness (QED) is 0.397. The molecular weight excluding hydrogens is 498 g/mol. The van der Waals surface area contributed by atoms with Gasteiger partial charge in [-0.15, -0.1) is 5.10 Å². The van der Waals surface area contributed by atoms with E-state index in [4.69, 9.17) is 19.7 Å². The summed E-state index contributed by atoms with van der Waals surface area (Å²) in [5.74, 6) is 0.995. The summed E-state index contributed by atoms with van der Waals surface area (Å²) in [4.78, 5) is 6.94. The Labute approximate surface area is 226 Å². The van der Waals surface area contributed by atoms with Gasteiger partial charge in [-0.1, -0.05) is 6.92 Å². The zero-order chi connectivity index (χ0) is 27.7. The smallest absolute Gasteiger partial charge is 0.241 e. The number of nitriles is 1. The molecule has 5 rings (SSSR count). The lowest BCUT2D eigenvalue weighted by Crippen LogP contribution is -2.35. The van der Waals surface area contributed by atoms with E-state index in [0.29, 0.717) is 30.5 Å². The zero-order valence-corrected chi connectivity index (χ0v) is 22.8. The maximum absolute atomic E-state index is 9.99. The lowest BCUT2D eigenvalue weighted by molar-refractivity contribution is 0.132. The van der Waals surface area contributed by atoms with Crippen molar-refractivity contribution in [1.29, 1.82) is 5.26 Å². The third kappa shape index (κ3) is 4.98. The van der Waals surface area contributed by atoms with Crippen LogP contribution < -0.4 is 9.47 Å². The van der Waals surface area contributed by atoms with Crippen LogP contribution in [-0.2, 0) is 13.6 Å². The SMILES string of the molecule is CCN1Cc2c(c(OCC#N)nn2[C@@H](C)CO)/C=C/c2n[nH]c3cnc(cc23)-c2c(C)nn(C)c2O[C@@H](C)C1. The van der Waals surface area contributed by atoms with E-state index in [9.17, 15) is 5.11 Å². The molecule has 12 nitrogen and oxygen atoms in total. The molecule has 0 aromatic carbocycles. The second kappa shape index (κ2) is 10.9. The number of H-pyrrole nitrogens is 1. The van der Waals surface area contributed by atoms with Gasteiger partial charge in [0.1, 0.15) is 12.2 Å². The molecule has 0 fully saturated rings. The number of hydrogen-bond donors (Lipinski definition) is 2. The number of likely N-dealkylation sites (N-methyl/N-ethyl adjacent to an activating group) is 1. The van der Waals surface area contributed by atoms with E-state index in [1.54, 1.807) is 15.6 Å². The minimum absolute atomic E-state index is 0.0937. The van der Waals surface area contributed by atoms with Crippen molar-refractivity contribution in [3.8, 4) is 29.1 Å². The van der Waals surface area contributed by atoms with Crippen LogP contribution in [0.5, 0.6) is 11.8 Å². The van der Waals surface area contributed by atoms with Crippen molar-refractivity contribution < 1.29 is 14.6 Å². The molecule has 1 aliphatic heterocycles. The summed E-state index contributed by atoms with van der Waals surface area (Å²) in [7, 11) is 1.87. The second-order valence-electron chi connectivity index (χ2n) is 9.79. The number of aryl methyl sites for hydroxylation is 2. The zero-order valence-electron chi connectivity index (χ0n) is 22.8. The van der Waals surface area contributed by atoms with Crippen LogP contribution in [0.1, 0.15) is 49.5 Å². The first kappa shape index (κ1) is 26.4. The van der Waals surface area contributed by atoms with E-state index in [0.717, 1.165) is 45.7 Å². The van der Waals surface area contributed by atoms with Crippen molar-refractivity contribution in [3.05, 3.63) is 34.9 Å². The lowest BCUT2D eigenvalue weighted by Gasteiger charge is -2.26. The second-order valence-corrected chi connectivity index (χ2v) is 9.79. The van der Waals surface area contributed by atoms with Crippen LogP contribution >= 0.6 is 0 Å². The first-order chi connectivity index (χ1) is 18.8. The van der Waals surface area contributed by atoms with Gasteiger partial charge in [0.2, 0.25) is 11.8 Å². The van der Waals surface area contributed by atoms with Crippen molar-refractivity contribution in [1.82, 2.24) is 39.6 Å². The Hall–Kier alpha value is -4.21.